The highest BCUT2D eigenvalue weighted by Gasteiger charge is 2.18. The first-order chi connectivity index (χ1) is 8.61. The molecule has 18 heavy (non-hydrogen) atoms. The van der Waals surface area contributed by atoms with Crippen molar-refractivity contribution < 1.29 is 13.9 Å². The molecular formula is C12H11FN2O2S. The van der Waals surface area contributed by atoms with Gasteiger partial charge in [0.25, 0.3) is 0 Å². The minimum absolute atomic E-state index is 0.147. The number of imidazole rings is 1. The molecule has 94 valence electrons. The van der Waals surface area contributed by atoms with Gasteiger partial charge in [0.15, 0.2) is 10.9 Å². The van der Waals surface area contributed by atoms with Crippen LogP contribution in [0.1, 0.15) is 17.4 Å². The molecule has 6 heteroatoms. The van der Waals surface area contributed by atoms with E-state index < -0.39 is 5.97 Å². The zero-order valence-corrected chi connectivity index (χ0v) is 10.5. The molecular weight excluding hydrogens is 255 g/mol. The number of nitrogens with zero attached hydrogens (tertiary/aromatic N) is 1. The van der Waals surface area contributed by atoms with Crippen molar-refractivity contribution >= 4 is 18.6 Å². The second kappa shape index (κ2) is 5.22. The summed E-state index contributed by atoms with van der Waals surface area (Å²) in [5, 5.41) is 0.303. The highest BCUT2D eigenvalue weighted by molar-refractivity contribution is 7.80. The molecule has 0 unspecified atom stereocenters. The number of aromatic nitrogens is 2. The van der Waals surface area contributed by atoms with Crippen molar-refractivity contribution in [2.75, 3.05) is 6.61 Å². The molecule has 0 saturated carbocycles. The van der Waals surface area contributed by atoms with E-state index in [1.165, 1.54) is 12.1 Å². The topological polar surface area (TPSA) is 55.0 Å². The molecule has 2 rings (SSSR count). The standard InChI is InChI=1S/C12H11FN2O2S/c1-2-17-11(16)10-9(14-12(18)15-10)7-3-5-8(13)6-4-7/h3-6H,2H2,1H3,(H2,14,15,18). The van der Waals surface area contributed by atoms with E-state index in [1.807, 2.05) is 0 Å². The van der Waals surface area contributed by atoms with E-state index in [2.05, 4.69) is 22.6 Å². The summed E-state index contributed by atoms with van der Waals surface area (Å²) < 4.78 is 17.8. The molecule has 0 atom stereocenters. The molecule has 2 aromatic rings. The van der Waals surface area contributed by atoms with Gasteiger partial charge in [-0.2, -0.15) is 0 Å². The van der Waals surface area contributed by atoms with Crippen LogP contribution >= 0.6 is 12.6 Å². The number of ether oxygens (including phenoxy) is 1. The third-order valence-corrected chi connectivity index (χ3v) is 2.50. The van der Waals surface area contributed by atoms with Gasteiger partial charge < -0.3 is 9.72 Å². The molecule has 0 saturated heterocycles. The minimum Gasteiger partial charge on any atom is -0.461 e. The Kier molecular flexibility index (Phi) is 3.66. The monoisotopic (exact) mass is 266 g/mol. The summed E-state index contributed by atoms with van der Waals surface area (Å²) in [5.41, 5.74) is 1.26. The zero-order chi connectivity index (χ0) is 13.1. The number of aromatic amines is 1. The molecule has 0 spiro atoms. The van der Waals surface area contributed by atoms with Crippen molar-refractivity contribution in [3.05, 3.63) is 35.8 Å². The van der Waals surface area contributed by atoms with Crippen LogP contribution < -0.4 is 0 Å². The molecule has 4 nitrogen and oxygen atoms in total. The van der Waals surface area contributed by atoms with Crippen molar-refractivity contribution in [3.63, 3.8) is 0 Å². The molecule has 0 aliphatic heterocycles. The lowest BCUT2D eigenvalue weighted by Crippen LogP contribution is -2.06. The number of H-pyrrole nitrogens is 1. The van der Waals surface area contributed by atoms with Crippen LogP contribution in [0.3, 0.4) is 0 Å². The van der Waals surface area contributed by atoms with Crippen LogP contribution in [0.25, 0.3) is 11.3 Å². The number of nitrogens with one attached hydrogen (secondary N) is 1. The fraction of sp³-hybridized carbons (Fsp3) is 0.167. The summed E-state index contributed by atoms with van der Waals surface area (Å²) in [4.78, 5) is 18.5. The van der Waals surface area contributed by atoms with Crippen LogP contribution in [0, 0.1) is 5.82 Å². The smallest absolute Gasteiger partial charge is 0.359 e. The third kappa shape index (κ3) is 2.53. The summed E-state index contributed by atoms with van der Waals surface area (Å²) in [6.07, 6.45) is 0. The van der Waals surface area contributed by atoms with Gasteiger partial charge in [-0.25, -0.2) is 14.2 Å². The van der Waals surface area contributed by atoms with E-state index >= 15 is 0 Å². The van der Waals surface area contributed by atoms with Gasteiger partial charge in [0.05, 0.1) is 12.3 Å². The third-order valence-electron chi connectivity index (χ3n) is 2.29. The van der Waals surface area contributed by atoms with E-state index in [0.29, 0.717) is 16.4 Å². The molecule has 0 aliphatic rings. The molecule has 0 aliphatic carbocycles. The lowest BCUT2D eigenvalue weighted by molar-refractivity contribution is 0.0520. The number of thiol groups is 1. The average molecular weight is 266 g/mol. The fourth-order valence-corrected chi connectivity index (χ4v) is 1.75. The van der Waals surface area contributed by atoms with E-state index in [9.17, 15) is 9.18 Å². The van der Waals surface area contributed by atoms with E-state index in [0.717, 1.165) is 0 Å². The number of halogens is 1. The average Bonchev–Trinajstić information content (AvgIpc) is 2.73. The Morgan fingerprint density at radius 3 is 2.72 bits per heavy atom. The van der Waals surface area contributed by atoms with Gasteiger partial charge in [-0.15, -0.1) is 12.6 Å². The Hall–Kier alpha value is -1.82. The first-order valence-corrected chi connectivity index (χ1v) is 5.78. The van der Waals surface area contributed by atoms with Crippen LogP contribution in [-0.2, 0) is 4.74 Å². The molecule has 0 fully saturated rings. The van der Waals surface area contributed by atoms with Crippen LogP contribution in [0.15, 0.2) is 29.4 Å². The summed E-state index contributed by atoms with van der Waals surface area (Å²) in [6.45, 7) is 1.97. The number of hydrogen-bond donors (Lipinski definition) is 2. The van der Waals surface area contributed by atoms with Crippen LogP contribution in [0.2, 0.25) is 0 Å². The maximum atomic E-state index is 12.9. The van der Waals surface area contributed by atoms with Crippen molar-refractivity contribution in [2.24, 2.45) is 0 Å². The Labute approximate surface area is 109 Å². The van der Waals surface area contributed by atoms with Gasteiger partial charge in [0.1, 0.15) is 5.82 Å². The number of carbonyl (C=O) groups excluding carboxylic acids is 1. The van der Waals surface area contributed by atoms with E-state index in [-0.39, 0.29) is 18.1 Å². The number of esters is 1. The number of carbonyl (C=O) groups is 1. The van der Waals surface area contributed by atoms with Gasteiger partial charge in [0, 0.05) is 5.56 Å². The second-order valence-corrected chi connectivity index (χ2v) is 3.93. The van der Waals surface area contributed by atoms with Crippen molar-refractivity contribution in [3.8, 4) is 11.3 Å². The quantitative estimate of drug-likeness (QED) is 0.663. The SMILES string of the molecule is CCOC(=O)c1nc(S)[nH]c1-c1ccc(F)cc1. The highest BCUT2D eigenvalue weighted by atomic mass is 32.1. The highest BCUT2D eigenvalue weighted by Crippen LogP contribution is 2.23. The van der Waals surface area contributed by atoms with Gasteiger partial charge in [-0.1, -0.05) is 0 Å². The zero-order valence-electron chi connectivity index (χ0n) is 9.61. The first kappa shape index (κ1) is 12.6. The van der Waals surface area contributed by atoms with E-state index in [1.54, 1.807) is 19.1 Å². The Morgan fingerprint density at radius 2 is 2.11 bits per heavy atom. The predicted octanol–water partition coefficient (Wildman–Crippen LogP) is 2.68. The molecule has 1 aromatic heterocycles. The maximum Gasteiger partial charge on any atom is 0.359 e. The van der Waals surface area contributed by atoms with Gasteiger partial charge in [0.2, 0.25) is 0 Å². The summed E-state index contributed by atoms with van der Waals surface area (Å²) >= 11 is 4.06. The van der Waals surface area contributed by atoms with Crippen molar-refractivity contribution in [2.45, 2.75) is 12.1 Å². The van der Waals surface area contributed by atoms with Crippen LogP contribution in [0.4, 0.5) is 4.39 Å². The number of benzene rings is 1. The Bertz CT molecular complexity index is 566. The maximum absolute atomic E-state index is 12.9. The Morgan fingerprint density at radius 1 is 1.44 bits per heavy atom. The summed E-state index contributed by atoms with van der Waals surface area (Å²) in [7, 11) is 0. The second-order valence-electron chi connectivity index (χ2n) is 3.51. The van der Waals surface area contributed by atoms with Gasteiger partial charge >= 0.3 is 5.97 Å². The van der Waals surface area contributed by atoms with Crippen LogP contribution in [-0.4, -0.2) is 22.5 Å². The normalized spacial score (nSPS) is 10.4. The largest absolute Gasteiger partial charge is 0.461 e. The molecule has 0 bridgehead atoms. The lowest BCUT2D eigenvalue weighted by Gasteiger charge is -2.02. The molecule has 0 radical (unpaired) electrons. The van der Waals surface area contributed by atoms with Gasteiger partial charge in [-0.05, 0) is 31.2 Å². The molecule has 1 N–H and O–H groups in total. The summed E-state index contributed by atoms with van der Waals surface area (Å²) in [5.74, 6) is -0.879. The molecule has 1 aromatic carbocycles. The molecule has 0 amide bonds. The molecule has 1 heterocycles. The Balaban J connectivity index is 2.44. The predicted molar refractivity (Wildman–Crippen MR) is 67.2 cm³/mol. The number of hydrogen-bond acceptors (Lipinski definition) is 4. The van der Waals surface area contributed by atoms with Crippen molar-refractivity contribution in [1.82, 2.24) is 9.97 Å². The lowest BCUT2D eigenvalue weighted by atomic mass is 10.1. The van der Waals surface area contributed by atoms with E-state index in [4.69, 9.17) is 4.74 Å². The summed E-state index contributed by atoms with van der Waals surface area (Å²) in [6, 6.07) is 5.73. The van der Waals surface area contributed by atoms with Crippen LogP contribution in [0.5, 0.6) is 0 Å². The first-order valence-electron chi connectivity index (χ1n) is 5.34. The number of rotatable bonds is 3. The van der Waals surface area contributed by atoms with Crippen molar-refractivity contribution in [1.29, 1.82) is 0 Å². The fourth-order valence-electron chi connectivity index (χ4n) is 1.53. The minimum atomic E-state index is -0.534. The van der Waals surface area contributed by atoms with Gasteiger partial charge in [-0.3, -0.25) is 0 Å².